The van der Waals surface area contributed by atoms with Crippen LogP contribution in [0.2, 0.25) is 0 Å². The van der Waals surface area contributed by atoms with Crippen molar-refractivity contribution in [1.29, 1.82) is 0 Å². The molecule has 90 heavy (non-hydrogen) atoms. The summed E-state index contributed by atoms with van der Waals surface area (Å²) in [6.45, 7) is 2.96. The summed E-state index contributed by atoms with van der Waals surface area (Å²) < 4.78 is 106. The average Bonchev–Trinajstić information content (AvgIpc) is 0.670. The van der Waals surface area contributed by atoms with Crippen molar-refractivity contribution in [2.75, 3.05) is 0 Å². The van der Waals surface area contributed by atoms with Crippen LogP contribution < -0.4 is 42.3 Å². The van der Waals surface area contributed by atoms with E-state index in [0.717, 1.165) is 173 Å². The zero-order chi connectivity index (χ0) is 60.6. The highest BCUT2D eigenvalue weighted by Crippen LogP contribution is 2.55. The SMILES string of the molecule is Cc1ccc2c(c1)Oc1cc(C)cc3c1B2c1cc2c(-c4c(-c5ccccc5)cccc4-c4ccccc4)cc4c5c(cc6c(-c7c(-c8ccccc8)cccc7-c7ccccc7)cc-3c1c6c25)B1c2ccc(C(F)(F)F)cc2Oc2cc(C(F)(F)F)cc-4c21. The number of hydrogen-bond acceptors (Lipinski definition) is 2. The average molecular weight is 1170 g/mol. The van der Waals surface area contributed by atoms with Crippen LogP contribution in [0.25, 0.3) is 121 Å². The smallest absolute Gasteiger partial charge is 0.416 e. The molecule has 18 rings (SSSR count). The first-order valence-corrected chi connectivity index (χ1v) is 30.2. The van der Waals surface area contributed by atoms with Crippen LogP contribution >= 0.6 is 0 Å². The molecule has 0 fully saturated rings. The Bertz CT molecular complexity index is 5300. The third-order valence-electron chi connectivity index (χ3n) is 19.3. The molecular formula is C80H46B2F6O2. The Balaban J connectivity index is 1.12. The Labute approximate surface area is 514 Å². The highest BCUT2D eigenvalue weighted by Gasteiger charge is 2.47. The Morgan fingerprint density at radius 3 is 1.11 bits per heavy atom. The topological polar surface area (TPSA) is 18.5 Å². The van der Waals surface area contributed by atoms with E-state index in [9.17, 15) is 13.2 Å². The van der Waals surface area contributed by atoms with Gasteiger partial charge in [0.15, 0.2) is 0 Å². The van der Waals surface area contributed by atoms with Gasteiger partial charge in [-0.25, -0.2) is 0 Å². The van der Waals surface area contributed by atoms with E-state index in [1.54, 1.807) is 0 Å². The van der Waals surface area contributed by atoms with Crippen LogP contribution in [0.4, 0.5) is 26.3 Å². The van der Waals surface area contributed by atoms with Crippen molar-refractivity contribution in [3.05, 3.63) is 265 Å². The van der Waals surface area contributed by atoms with Gasteiger partial charge in [0.25, 0.3) is 13.4 Å². The number of aryl methyl sites for hydroxylation is 2. The lowest BCUT2D eigenvalue weighted by Gasteiger charge is -2.38. The number of ether oxygens (including phenoxy) is 2. The molecule has 0 unspecified atom stereocenters. The summed E-state index contributed by atoms with van der Waals surface area (Å²) in [7, 11) is 0. The van der Waals surface area contributed by atoms with Gasteiger partial charge in [0, 0.05) is 0 Å². The molecule has 0 saturated heterocycles. The maximum atomic E-state index is 15.9. The van der Waals surface area contributed by atoms with E-state index < -0.39 is 30.2 Å². The minimum absolute atomic E-state index is 0.146. The Morgan fingerprint density at radius 1 is 0.278 bits per heavy atom. The largest absolute Gasteiger partial charge is 0.458 e. The van der Waals surface area contributed by atoms with Crippen molar-refractivity contribution in [3.63, 3.8) is 0 Å². The first kappa shape index (κ1) is 52.5. The van der Waals surface area contributed by atoms with Crippen LogP contribution in [0.3, 0.4) is 0 Å². The molecule has 0 amide bonds. The molecule has 0 saturated carbocycles. The molecule has 2 nitrogen and oxygen atoms in total. The molecule has 14 aromatic carbocycles. The fraction of sp³-hybridized carbons (Fsp3) is 0.0500. The minimum Gasteiger partial charge on any atom is -0.458 e. The molecular weight excluding hydrogens is 1130 g/mol. The summed E-state index contributed by atoms with van der Waals surface area (Å²) in [5, 5.41) is 5.27. The third-order valence-corrected chi connectivity index (χ3v) is 19.3. The highest BCUT2D eigenvalue weighted by molar-refractivity contribution is 7.01. The fourth-order valence-electron chi connectivity index (χ4n) is 15.6. The molecule has 14 aromatic rings. The molecule has 0 bridgehead atoms. The summed E-state index contributed by atoms with van der Waals surface area (Å²) in [4.78, 5) is 0. The van der Waals surface area contributed by atoms with Crippen LogP contribution in [0, 0.1) is 13.8 Å². The second kappa shape index (κ2) is 19.0. The summed E-state index contributed by atoms with van der Waals surface area (Å²) >= 11 is 0. The van der Waals surface area contributed by atoms with Crippen molar-refractivity contribution in [1.82, 2.24) is 0 Å². The number of benzene rings is 14. The van der Waals surface area contributed by atoms with Crippen molar-refractivity contribution in [3.8, 4) is 112 Å². The number of alkyl halides is 6. The molecule has 4 aliphatic heterocycles. The van der Waals surface area contributed by atoms with Crippen molar-refractivity contribution >= 4 is 78.5 Å². The van der Waals surface area contributed by atoms with Gasteiger partial charge < -0.3 is 9.47 Å². The first-order valence-electron chi connectivity index (χ1n) is 30.2. The molecule has 0 N–H and O–H groups in total. The lowest BCUT2D eigenvalue weighted by atomic mass is 9.31. The predicted octanol–water partition coefficient (Wildman–Crippen LogP) is 18.4. The number of rotatable bonds is 6. The van der Waals surface area contributed by atoms with Crippen LogP contribution in [-0.4, -0.2) is 13.4 Å². The van der Waals surface area contributed by atoms with E-state index in [4.69, 9.17) is 9.47 Å². The highest BCUT2D eigenvalue weighted by atomic mass is 19.4. The molecule has 0 radical (unpaired) electrons. The van der Waals surface area contributed by atoms with E-state index in [1.165, 1.54) is 12.1 Å². The van der Waals surface area contributed by atoms with E-state index >= 15 is 13.2 Å². The van der Waals surface area contributed by atoms with Gasteiger partial charge in [-0.1, -0.05) is 211 Å². The van der Waals surface area contributed by atoms with Crippen LogP contribution in [-0.2, 0) is 12.4 Å². The summed E-state index contributed by atoms with van der Waals surface area (Å²) in [6, 6.07) is 79.5. The van der Waals surface area contributed by atoms with Gasteiger partial charge in [-0.15, -0.1) is 0 Å². The zero-order valence-electron chi connectivity index (χ0n) is 48.3. The minimum atomic E-state index is -4.87. The second-order valence-electron chi connectivity index (χ2n) is 24.4. The van der Waals surface area contributed by atoms with Gasteiger partial charge in [-0.3, -0.25) is 0 Å². The summed E-state index contributed by atoms with van der Waals surface area (Å²) in [6.07, 6.45) is -9.64. The predicted molar refractivity (Wildman–Crippen MR) is 355 cm³/mol. The standard InChI is InChI=1S/C80H46B2F6O2/c1-43-29-31-63-67(34-43)89-69-35-44(2)33-61-57-39-55(71-51(45-17-7-3-8-18-45)25-15-26-52(71)46-19-9-4-10-20-46)59-42-66-74-58(62-36-50(80(86,87)88)38-70-78(62)82(66)64-32-30-49(79(83,84)85)37-68(64)90-70)40-56(60-41-65(81(63)77(61)69)73(57)75(59)76(60)74)72-53(47-21-11-5-12-22-47)27-16-28-54(72)48-23-13-6-14-24-48/h3-42H,1-2H3. The van der Waals surface area contributed by atoms with Gasteiger partial charge in [0.1, 0.15) is 23.0 Å². The maximum Gasteiger partial charge on any atom is 0.416 e. The second-order valence-corrected chi connectivity index (χ2v) is 24.4. The van der Waals surface area contributed by atoms with Gasteiger partial charge >= 0.3 is 12.4 Å². The van der Waals surface area contributed by atoms with Gasteiger partial charge in [0.05, 0.1) is 11.1 Å². The van der Waals surface area contributed by atoms with Gasteiger partial charge in [0.2, 0.25) is 0 Å². The summed E-state index contributed by atoms with van der Waals surface area (Å²) in [5.41, 5.74) is 19.0. The molecule has 4 aliphatic rings. The number of halogens is 6. The monoisotopic (exact) mass is 1170 g/mol. The van der Waals surface area contributed by atoms with Gasteiger partial charge in [-0.05, 0) is 211 Å². The van der Waals surface area contributed by atoms with E-state index in [-0.39, 0.29) is 18.2 Å². The van der Waals surface area contributed by atoms with E-state index in [0.29, 0.717) is 22.1 Å². The van der Waals surface area contributed by atoms with E-state index in [1.807, 2.05) is 72.8 Å². The van der Waals surface area contributed by atoms with Crippen LogP contribution in [0.15, 0.2) is 243 Å². The van der Waals surface area contributed by atoms with Crippen LogP contribution in [0.1, 0.15) is 22.3 Å². The molecule has 0 spiro atoms. The van der Waals surface area contributed by atoms with Gasteiger partial charge in [-0.2, -0.15) is 26.3 Å². The van der Waals surface area contributed by atoms with E-state index in [2.05, 4.69) is 153 Å². The van der Waals surface area contributed by atoms with Crippen LogP contribution in [0.5, 0.6) is 23.0 Å². The maximum absolute atomic E-state index is 15.9. The lowest BCUT2D eigenvalue weighted by molar-refractivity contribution is -0.138. The summed E-state index contributed by atoms with van der Waals surface area (Å²) in [5.74, 6) is 1.24. The molecule has 426 valence electrons. The Kier molecular flexibility index (Phi) is 11.1. The van der Waals surface area contributed by atoms with Crippen molar-refractivity contribution < 1.29 is 35.8 Å². The quantitative estimate of drug-likeness (QED) is 0.0938. The molecule has 0 atom stereocenters. The normalized spacial score (nSPS) is 13.2. The number of hydrogen-bond donors (Lipinski definition) is 0. The zero-order valence-corrected chi connectivity index (χ0v) is 48.3. The molecule has 0 aromatic heterocycles. The third kappa shape index (κ3) is 7.63. The van der Waals surface area contributed by atoms with Crippen molar-refractivity contribution in [2.24, 2.45) is 0 Å². The Hall–Kier alpha value is -10.6. The molecule has 4 heterocycles. The fourth-order valence-corrected chi connectivity index (χ4v) is 15.6. The van der Waals surface area contributed by atoms with Crippen molar-refractivity contribution in [2.45, 2.75) is 26.2 Å². The Morgan fingerprint density at radius 2 is 0.667 bits per heavy atom. The number of fused-ring (bicyclic) bond motifs is 8. The molecule has 10 heteroatoms. The lowest BCUT2D eigenvalue weighted by Crippen LogP contribution is -2.58. The molecule has 0 aliphatic carbocycles. The first-order chi connectivity index (χ1) is 43.7.